The number of rotatable bonds is 3. The molecule has 1 aliphatic heterocycles. The summed E-state index contributed by atoms with van der Waals surface area (Å²) in [5, 5.41) is 3.37. The van der Waals surface area contributed by atoms with Gasteiger partial charge in [-0.3, -0.25) is 0 Å². The fourth-order valence-electron chi connectivity index (χ4n) is 2.83. The van der Waals surface area contributed by atoms with Crippen LogP contribution in [0.2, 0.25) is 0 Å². The van der Waals surface area contributed by atoms with E-state index >= 15 is 0 Å². The normalized spacial score (nSPS) is 15.2. The lowest BCUT2D eigenvalue weighted by molar-refractivity contribution is 0.173. The van der Waals surface area contributed by atoms with Crippen LogP contribution in [0.25, 0.3) is 0 Å². The Hall–Kier alpha value is -2.23. The van der Waals surface area contributed by atoms with Gasteiger partial charge in [-0.2, -0.15) is 0 Å². The Morgan fingerprint density at radius 2 is 2.10 bits per heavy atom. The Morgan fingerprint density at radius 1 is 1.10 bits per heavy atom. The van der Waals surface area contributed by atoms with Gasteiger partial charge >= 0.3 is 0 Å². The number of nitrogens with zero attached hydrogens (tertiary/aromatic N) is 1. The maximum absolute atomic E-state index is 5.51. The van der Waals surface area contributed by atoms with Crippen molar-refractivity contribution < 1.29 is 9.47 Å². The van der Waals surface area contributed by atoms with Gasteiger partial charge in [0, 0.05) is 17.8 Å². The molecule has 2 aromatic rings. The standard InChI is InChI=1S/C16H16N2O2/c1-3-11-7-8-15(18-13(11)5-1)17-9-12-4-2-6-14-16(12)20-10-19-14/h2,4,6-8H,1,3,5,9-10H2,(H,17,18). The van der Waals surface area contributed by atoms with E-state index in [2.05, 4.69) is 22.4 Å². The Labute approximate surface area is 117 Å². The zero-order chi connectivity index (χ0) is 13.4. The third kappa shape index (κ3) is 1.97. The van der Waals surface area contributed by atoms with E-state index < -0.39 is 0 Å². The quantitative estimate of drug-likeness (QED) is 0.929. The van der Waals surface area contributed by atoms with Gasteiger partial charge in [-0.05, 0) is 37.0 Å². The average molecular weight is 268 g/mol. The summed E-state index contributed by atoms with van der Waals surface area (Å²) >= 11 is 0. The number of fused-ring (bicyclic) bond motifs is 2. The molecular weight excluding hydrogens is 252 g/mol. The van der Waals surface area contributed by atoms with Crippen molar-refractivity contribution in [3.8, 4) is 11.5 Å². The first-order valence-corrected chi connectivity index (χ1v) is 7.00. The third-order valence-corrected chi connectivity index (χ3v) is 3.87. The predicted molar refractivity (Wildman–Crippen MR) is 76.2 cm³/mol. The molecular formula is C16H16N2O2. The van der Waals surface area contributed by atoms with E-state index in [1.54, 1.807) is 0 Å². The second kappa shape index (κ2) is 4.71. The largest absolute Gasteiger partial charge is 0.454 e. The van der Waals surface area contributed by atoms with Crippen LogP contribution < -0.4 is 14.8 Å². The van der Waals surface area contributed by atoms with Gasteiger partial charge < -0.3 is 14.8 Å². The van der Waals surface area contributed by atoms with E-state index in [9.17, 15) is 0 Å². The van der Waals surface area contributed by atoms with Gasteiger partial charge in [-0.25, -0.2) is 4.98 Å². The van der Waals surface area contributed by atoms with Gasteiger partial charge in [0.25, 0.3) is 0 Å². The van der Waals surface area contributed by atoms with Crippen LogP contribution in [-0.2, 0) is 19.4 Å². The second-order valence-electron chi connectivity index (χ2n) is 5.16. The maximum atomic E-state index is 5.51. The highest BCUT2D eigenvalue weighted by atomic mass is 16.7. The summed E-state index contributed by atoms with van der Waals surface area (Å²) in [6.07, 6.45) is 3.49. The van der Waals surface area contributed by atoms with Crippen LogP contribution in [0.3, 0.4) is 0 Å². The average Bonchev–Trinajstić information content (AvgIpc) is 3.13. The number of hydrogen-bond donors (Lipinski definition) is 1. The first kappa shape index (κ1) is 11.6. The SMILES string of the molecule is c1cc(CNc2ccc3c(n2)CCC3)c2c(c1)OCO2. The minimum Gasteiger partial charge on any atom is -0.454 e. The smallest absolute Gasteiger partial charge is 0.231 e. The van der Waals surface area contributed by atoms with Crippen molar-refractivity contribution in [1.29, 1.82) is 0 Å². The Kier molecular flexibility index (Phi) is 2.73. The van der Waals surface area contributed by atoms with E-state index in [0.717, 1.165) is 29.3 Å². The molecule has 0 unspecified atom stereocenters. The van der Waals surface area contributed by atoms with E-state index in [1.165, 1.54) is 24.1 Å². The second-order valence-corrected chi connectivity index (χ2v) is 5.16. The van der Waals surface area contributed by atoms with Crippen molar-refractivity contribution in [1.82, 2.24) is 4.98 Å². The van der Waals surface area contributed by atoms with Crippen LogP contribution in [0.1, 0.15) is 23.2 Å². The summed E-state index contributed by atoms with van der Waals surface area (Å²) in [5.41, 5.74) is 3.74. The number of ether oxygens (including phenoxy) is 2. The van der Waals surface area contributed by atoms with Crippen LogP contribution in [0.15, 0.2) is 30.3 Å². The number of nitrogens with one attached hydrogen (secondary N) is 1. The van der Waals surface area contributed by atoms with Gasteiger partial charge in [0.2, 0.25) is 6.79 Å². The molecule has 0 spiro atoms. The molecule has 0 radical (unpaired) electrons. The summed E-state index contributed by atoms with van der Waals surface area (Å²) in [6.45, 7) is 1.00. The number of pyridine rings is 1. The van der Waals surface area contributed by atoms with Crippen molar-refractivity contribution >= 4 is 5.82 Å². The Balaban J connectivity index is 1.52. The number of aromatic nitrogens is 1. The lowest BCUT2D eigenvalue weighted by Crippen LogP contribution is -2.04. The first-order valence-electron chi connectivity index (χ1n) is 7.00. The number of anilines is 1. The van der Waals surface area contributed by atoms with Crippen LogP contribution in [-0.4, -0.2) is 11.8 Å². The number of para-hydroxylation sites is 1. The van der Waals surface area contributed by atoms with Gasteiger partial charge in [0.15, 0.2) is 11.5 Å². The molecule has 102 valence electrons. The molecule has 1 aromatic carbocycles. The Bertz CT molecular complexity index is 655. The molecule has 4 rings (SSSR count). The Morgan fingerprint density at radius 3 is 3.10 bits per heavy atom. The molecule has 1 aliphatic carbocycles. The molecule has 0 bridgehead atoms. The van der Waals surface area contributed by atoms with Crippen LogP contribution in [0.4, 0.5) is 5.82 Å². The molecule has 2 heterocycles. The fraction of sp³-hybridized carbons (Fsp3) is 0.312. The highest BCUT2D eigenvalue weighted by Gasteiger charge is 2.17. The molecule has 1 N–H and O–H groups in total. The van der Waals surface area contributed by atoms with Crippen molar-refractivity contribution in [2.45, 2.75) is 25.8 Å². The summed E-state index contributed by atoms with van der Waals surface area (Å²) in [5.74, 6) is 2.61. The molecule has 0 saturated carbocycles. The third-order valence-electron chi connectivity index (χ3n) is 3.87. The summed E-state index contributed by atoms with van der Waals surface area (Å²) in [7, 11) is 0. The number of hydrogen-bond acceptors (Lipinski definition) is 4. The van der Waals surface area contributed by atoms with Crippen LogP contribution >= 0.6 is 0 Å². The van der Waals surface area contributed by atoms with Gasteiger partial charge in [0.1, 0.15) is 5.82 Å². The summed E-state index contributed by atoms with van der Waals surface area (Å²) in [4.78, 5) is 4.68. The number of aryl methyl sites for hydroxylation is 2. The van der Waals surface area contributed by atoms with Gasteiger partial charge in [-0.1, -0.05) is 18.2 Å². The molecule has 0 atom stereocenters. The summed E-state index contributed by atoms with van der Waals surface area (Å²) < 4.78 is 10.9. The molecule has 4 heteroatoms. The lowest BCUT2D eigenvalue weighted by Gasteiger charge is -2.09. The van der Waals surface area contributed by atoms with E-state index in [0.29, 0.717) is 13.3 Å². The highest BCUT2D eigenvalue weighted by Crippen LogP contribution is 2.35. The first-order chi connectivity index (χ1) is 9.90. The topological polar surface area (TPSA) is 43.4 Å². The van der Waals surface area contributed by atoms with Crippen molar-refractivity contribution in [3.63, 3.8) is 0 Å². The maximum Gasteiger partial charge on any atom is 0.231 e. The van der Waals surface area contributed by atoms with Gasteiger partial charge in [-0.15, -0.1) is 0 Å². The summed E-state index contributed by atoms with van der Waals surface area (Å²) in [6, 6.07) is 10.2. The zero-order valence-electron chi connectivity index (χ0n) is 11.2. The molecule has 0 amide bonds. The molecule has 2 aliphatic rings. The minimum atomic E-state index is 0.309. The molecule has 0 saturated heterocycles. The predicted octanol–water partition coefficient (Wildman–Crippen LogP) is 2.91. The van der Waals surface area contributed by atoms with Crippen LogP contribution in [0, 0.1) is 0 Å². The molecule has 0 fully saturated rings. The van der Waals surface area contributed by atoms with Crippen molar-refractivity contribution in [3.05, 3.63) is 47.2 Å². The fourth-order valence-corrected chi connectivity index (χ4v) is 2.83. The molecule has 1 aromatic heterocycles. The van der Waals surface area contributed by atoms with Gasteiger partial charge in [0.05, 0.1) is 0 Å². The molecule has 4 nitrogen and oxygen atoms in total. The molecule has 20 heavy (non-hydrogen) atoms. The highest BCUT2D eigenvalue weighted by molar-refractivity contribution is 5.50. The monoisotopic (exact) mass is 268 g/mol. The van der Waals surface area contributed by atoms with E-state index in [4.69, 9.17) is 9.47 Å². The van der Waals surface area contributed by atoms with E-state index in [-0.39, 0.29) is 0 Å². The number of benzene rings is 1. The van der Waals surface area contributed by atoms with Crippen LogP contribution in [0.5, 0.6) is 11.5 Å². The zero-order valence-corrected chi connectivity index (χ0v) is 11.2. The van der Waals surface area contributed by atoms with Crippen molar-refractivity contribution in [2.24, 2.45) is 0 Å². The minimum absolute atomic E-state index is 0.309. The lowest BCUT2D eigenvalue weighted by atomic mass is 10.2. The van der Waals surface area contributed by atoms with Crippen molar-refractivity contribution in [2.75, 3.05) is 12.1 Å². The van der Waals surface area contributed by atoms with E-state index in [1.807, 2.05) is 18.2 Å².